The van der Waals surface area contributed by atoms with E-state index >= 15 is 0 Å². The van der Waals surface area contributed by atoms with Gasteiger partial charge in [-0.2, -0.15) is 0 Å². The number of nitrogens with zero attached hydrogens (tertiary/aromatic N) is 2. The Kier molecular flexibility index (Phi) is 12.9. The van der Waals surface area contributed by atoms with Gasteiger partial charge < -0.3 is 20.1 Å². The number of ether oxygens (including phenoxy) is 2. The van der Waals surface area contributed by atoms with Gasteiger partial charge in [-0.05, 0) is 12.5 Å². The van der Waals surface area contributed by atoms with Crippen molar-refractivity contribution < 1.29 is 9.47 Å². The third-order valence-electron chi connectivity index (χ3n) is 2.86. The lowest BCUT2D eigenvalue weighted by atomic mass is 10.2. The molecule has 126 valence electrons. The minimum atomic E-state index is 0. The Hall–Kier alpha value is -1.09. The van der Waals surface area contributed by atoms with Crippen LogP contribution in [0.4, 0.5) is 0 Å². The predicted octanol–water partition coefficient (Wildman–Crippen LogP) is 2.19. The van der Waals surface area contributed by atoms with Gasteiger partial charge in [0.1, 0.15) is 0 Å². The van der Waals surface area contributed by atoms with E-state index < -0.39 is 0 Å². The van der Waals surface area contributed by atoms with Crippen molar-refractivity contribution in [1.82, 2.24) is 15.6 Å². The predicted molar refractivity (Wildman–Crippen MR) is 100 cm³/mol. The molecule has 1 aromatic heterocycles. The summed E-state index contributed by atoms with van der Waals surface area (Å²) in [5.41, 5.74) is 1.02. The molecule has 1 rings (SSSR count). The lowest BCUT2D eigenvalue weighted by Gasteiger charge is -2.13. The number of rotatable bonds is 9. The van der Waals surface area contributed by atoms with Crippen LogP contribution in [0, 0.1) is 0 Å². The molecule has 0 spiro atoms. The Bertz CT molecular complexity index is 430. The summed E-state index contributed by atoms with van der Waals surface area (Å²) in [4.78, 5) is 8.44. The Balaban J connectivity index is 0.00000441. The summed E-state index contributed by atoms with van der Waals surface area (Å²) in [7, 11) is 3.41. The van der Waals surface area contributed by atoms with Crippen molar-refractivity contribution in [3.63, 3.8) is 0 Å². The van der Waals surface area contributed by atoms with E-state index in [1.54, 1.807) is 20.4 Å². The largest absolute Gasteiger partial charge is 0.477 e. The number of aromatic nitrogens is 1. The van der Waals surface area contributed by atoms with Gasteiger partial charge in [0.15, 0.2) is 5.96 Å². The molecule has 0 radical (unpaired) electrons. The number of aliphatic imine (C=N–C) groups is 1. The molecular formula is C15H27IN4O2. The molecule has 0 aliphatic carbocycles. The smallest absolute Gasteiger partial charge is 0.218 e. The van der Waals surface area contributed by atoms with Crippen molar-refractivity contribution in [2.24, 2.45) is 4.99 Å². The molecule has 0 saturated carbocycles. The summed E-state index contributed by atoms with van der Waals surface area (Å²) in [5, 5.41) is 6.40. The zero-order chi connectivity index (χ0) is 15.3. The van der Waals surface area contributed by atoms with E-state index in [9.17, 15) is 0 Å². The normalized spacial score (nSPS) is 10.8. The minimum Gasteiger partial charge on any atom is -0.477 e. The molecule has 1 heterocycles. The first kappa shape index (κ1) is 20.9. The Morgan fingerprint density at radius 3 is 2.82 bits per heavy atom. The number of hydrogen-bond acceptors (Lipinski definition) is 4. The zero-order valence-electron chi connectivity index (χ0n) is 13.6. The molecule has 0 amide bonds. The maximum Gasteiger partial charge on any atom is 0.218 e. The van der Waals surface area contributed by atoms with Crippen LogP contribution in [0.15, 0.2) is 23.3 Å². The van der Waals surface area contributed by atoms with Crippen molar-refractivity contribution in [2.75, 3.05) is 33.9 Å². The van der Waals surface area contributed by atoms with Gasteiger partial charge in [-0.1, -0.05) is 19.4 Å². The van der Waals surface area contributed by atoms with Crippen LogP contribution in [0.25, 0.3) is 0 Å². The molecule has 0 fully saturated rings. The topological polar surface area (TPSA) is 67.8 Å². The first-order valence-electron chi connectivity index (χ1n) is 7.32. The second-order valence-electron chi connectivity index (χ2n) is 4.52. The van der Waals surface area contributed by atoms with Crippen LogP contribution < -0.4 is 15.4 Å². The number of guanidine groups is 1. The maximum atomic E-state index is 5.71. The summed E-state index contributed by atoms with van der Waals surface area (Å²) < 4.78 is 10.7. The zero-order valence-corrected chi connectivity index (χ0v) is 15.9. The van der Waals surface area contributed by atoms with Gasteiger partial charge in [0.25, 0.3) is 0 Å². The van der Waals surface area contributed by atoms with E-state index in [1.807, 2.05) is 12.1 Å². The van der Waals surface area contributed by atoms with Crippen molar-refractivity contribution >= 4 is 29.9 Å². The fourth-order valence-electron chi connectivity index (χ4n) is 1.67. The molecule has 0 bridgehead atoms. The van der Waals surface area contributed by atoms with Crippen molar-refractivity contribution in [3.05, 3.63) is 23.9 Å². The molecular weight excluding hydrogens is 395 g/mol. The van der Waals surface area contributed by atoms with Gasteiger partial charge >= 0.3 is 0 Å². The highest BCUT2D eigenvalue weighted by Gasteiger charge is 2.05. The molecule has 1 aromatic rings. The van der Waals surface area contributed by atoms with Crippen LogP contribution in [0.1, 0.15) is 25.3 Å². The lowest BCUT2D eigenvalue weighted by Crippen LogP contribution is -2.38. The fraction of sp³-hybridized carbons (Fsp3) is 0.600. The summed E-state index contributed by atoms with van der Waals surface area (Å²) in [6, 6.07) is 3.91. The van der Waals surface area contributed by atoms with Crippen molar-refractivity contribution in [1.29, 1.82) is 0 Å². The fourth-order valence-corrected chi connectivity index (χ4v) is 1.67. The first-order chi connectivity index (χ1) is 10.3. The molecule has 0 saturated heterocycles. The molecule has 0 aliphatic rings. The SMILES string of the molecule is CCCCOc1ncccc1CNC(=NC)NCCOC.I. The maximum absolute atomic E-state index is 5.71. The second kappa shape index (κ2) is 13.6. The van der Waals surface area contributed by atoms with Crippen LogP contribution in [-0.2, 0) is 11.3 Å². The molecule has 0 aliphatic heterocycles. The minimum absolute atomic E-state index is 0. The summed E-state index contributed by atoms with van der Waals surface area (Å²) in [6.07, 6.45) is 3.89. The molecule has 0 atom stereocenters. The number of hydrogen-bond donors (Lipinski definition) is 2. The van der Waals surface area contributed by atoms with Crippen LogP contribution in [0.3, 0.4) is 0 Å². The van der Waals surface area contributed by atoms with Crippen molar-refractivity contribution in [3.8, 4) is 5.88 Å². The van der Waals surface area contributed by atoms with E-state index in [1.165, 1.54) is 0 Å². The van der Waals surface area contributed by atoms with Gasteiger partial charge in [0, 0.05) is 39.0 Å². The molecule has 0 aromatic carbocycles. The highest BCUT2D eigenvalue weighted by molar-refractivity contribution is 14.0. The molecule has 2 N–H and O–H groups in total. The van der Waals surface area contributed by atoms with Crippen LogP contribution >= 0.6 is 24.0 Å². The van der Waals surface area contributed by atoms with Crippen LogP contribution in [0.2, 0.25) is 0 Å². The van der Waals surface area contributed by atoms with Gasteiger partial charge in [-0.15, -0.1) is 24.0 Å². The van der Waals surface area contributed by atoms with Gasteiger partial charge in [0.2, 0.25) is 5.88 Å². The van der Waals surface area contributed by atoms with E-state index in [2.05, 4.69) is 27.5 Å². The van der Waals surface area contributed by atoms with Gasteiger partial charge in [-0.25, -0.2) is 4.98 Å². The number of halogens is 1. The third kappa shape index (κ3) is 8.38. The number of nitrogens with one attached hydrogen (secondary N) is 2. The highest BCUT2D eigenvalue weighted by Crippen LogP contribution is 2.14. The Labute approximate surface area is 150 Å². The molecule has 22 heavy (non-hydrogen) atoms. The average molecular weight is 422 g/mol. The van der Waals surface area contributed by atoms with E-state index in [4.69, 9.17) is 9.47 Å². The molecule has 7 heteroatoms. The third-order valence-corrected chi connectivity index (χ3v) is 2.86. The van der Waals surface area contributed by atoms with Crippen molar-refractivity contribution in [2.45, 2.75) is 26.3 Å². The Morgan fingerprint density at radius 2 is 2.14 bits per heavy atom. The summed E-state index contributed by atoms with van der Waals surface area (Å²) >= 11 is 0. The molecule has 6 nitrogen and oxygen atoms in total. The van der Waals surface area contributed by atoms with Gasteiger partial charge in [-0.3, -0.25) is 4.99 Å². The van der Waals surface area contributed by atoms with E-state index in [-0.39, 0.29) is 24.0 Å². The van der Waals surface area contributed by atoms with E-state index in [0.29, 0.717) is 32.2 Å². The second-order valence-corrected chi connectivity index (χ2v) is 4.52. The van der Waals surface area contributed by atoms with Crippen LogP contribution in [0.5, 0.6) is 5.88 Å². The van der Waals surface area contributed by atoms with Gasteiger partial charge in [0.05, 0.1) is 13.2 Å². The summed E-state index contributed by atoms with van der Waals surface area (Å²) in [5.74, 6) is 1.42. The van der Waals surface area contributed by atoms with Crippen LogP contribution in [-0.4, -0.2) is 44.9 Å². The summed E-state index contributed by atoms with van der Waals surface area (Å²) in [6.45, 7) is 4.80. The standard InChI is InChI=1S/C15H26N4O2.HI/c1-4-5-10-21-14-13(7-6-8-17-14)12-19-15(16-2)18-9-11-20-3;/h6-8H,4-5,9-12H2,1-3H3,(H2,16,18,19);1H. The average Bonchev–Trinajstić information content (AvgIpc) is 2.52. The first-order valence-corrected chi connectivity index (χ1v) is 7.32. The number of pyridine rings is 1. The quantitative estimate of drug-likeness (QED) is 0.277. The Morgan fingerprint density at radius 1 is 1.32 bits per heavy atom. The number of unbranched alkanes of at least 4 members (excludes halogenated alkanes) is 1. The number of methoxy groups -OCH3 is 1. The lowest BCUT2D eigenvalue weighted by molar-refractivity contribution is 0.203. The highest BCUT2D eigenvalue weighted by atomic mass is 127. The van der Waals surface area contributed by atoms with E-state index in [0.717, 1.165) is 24.4 Å². The monoisotopic (exact) mass is 422 g/mol. The molecule has 0 unspecified atom stereocenters.